The summed E-state index contributed by atoms with van der Waals surface area (Å²) in [5.41, 5.74) is 2.47. The molecule has 98 valence electrons. The van der Waals surface area contributed by atoms with Gasteiger partial charge in [0.15, 0.2) is 0 Å². The van der Waals surface area contributed by atoms with Gasteiger partial charge in [0.25, 0.3) is 0 Å². The molecule has 0 amide bonds. The molecule has 0 spiro atoms. The van der Waals surface area contributed by atoms with Crippen LogP contribution in [0.25, 0.3) is 0 Å². The van der Waals surface area contributed by atoms with Gasteiger partial charge in [-0.1, -0.05) is 34.4 Å². The zero-order valence-corrected chi connectivity index (χ0v) is 12.1. The van der Waals surface area contributed by atoms with E-state index in [1.807, 2.05) is 19.9 Å². The van der Waals surface area contributed by atoms with Crippen LogP contribution in [0.2, 0.25) is 10.0 Å². The molecule has 0 aliphatic heterocycles. The van der Waals surface area contributed by atoms with Gasteiger partial charge < -0.3 is 4.52 Å². The van der Waals surface area contributed by atoms with Crippen LogP contribution in [0.15, 0.2) is 22.7 Å². The number of aromatic nitrogens is 1. The number of nitriles is 1. The van der Waals surface area contributed by atoms with Crippen LogP contribution in [0.1, 0.15) is 28.5 Å². The Balaban J connectivity index is 2.33. The van der Waals surface area contributed by atoms with Crippen LogP contribution >= 0.6 is 23.2 Å². The molecule has 1 unspecified atom stereocenters. The molecule has 3 nitrogen and oxygen atoms in total. The van der Waals surface area contributed by atoms with Gasteiger partial charge in [-0.05, 0) is 38.0 Å². The first-order valence-electron chi connectivity index (χ1n) is 5.79. The molecular formula is C14H12Cl2N2O. The highest BCUT2D eigenvalue weighted by atomic mass is 35.5. The minimum atomic E-state index is -0.329. The van der Waals surface area contributed by atoms with Crippen molar-refractivity contribution in [3.63, 3.8) is 0 Å². The zero-order chi connectivity index (χ0) is 14.0. The highest BCUT2D eigenvalue weighted by Gasteiger charge is 2.21. The lowest BCUT2D eigenvalue weighted by Crippen LogP contribution is -2.03. The molecule has 0 aliphatic carbocycles. The number of nitrogens with zero attached hydrogens (tertiary/aromatic N) is 2. The summed E-state index contributed by atoms with van der Waals surface area (Å²) in [5.74, 6) is 0.346. The summed E-state index contributed by atoms with van der Waals surface area (Å²) in [6.07, 6.45) is 0.509. The smallest absolute Gasteiger partial charge is 0.138 e. The number of aryl methyl sites for hydroxylation is 2. The predicted molar refractivity (Wildman–Crippen MR) is 74.5 cm³/mol. The van der Waals surface area contributed by atoms with E-state index >= 15 is 0 Å². The van der Waals surface area contributed by atoms with Crippen LogP contribution < -0.4 is 0 Å². The van der Waals surface area contributed by atoms with Crippen LogP contribution in [-0.4, -0.2) is 5.16 Å². The monoisotopic (exact) mass is 294 g/mol. The Morgan fingerprint density at radius 3 is 2.63 bits per heavy atom. The Hall–Kier alpha value is -1.50. The number of hydrogen-bond donors (Lipinski definition) is 0. The fourth-order valence-corrected chi connectivity index (χ4v) is 2.59. The Morgan fingerprint density at radius 1 is 1.37 bits per heavy atom. The van der Waals surface area contributed by atoms with Gasteiger partial charge in [0.1, 0.15) is 5.76 Å². The standard InChI is InChI=1S/C14H12Cl2N2O/c1-8-14(9(2)19-18-8)11(7-17)5-10-3-4-12(15)6-13(10)16/h3-4,6,11H,5H2,1-2H3. The van der Waals surface area contributed by atoms with E-state index in [0.717, 1.165) is 16.8 Å². The van der Waals surface area contributed by atoms with E-state index in [9.17, 15) is 5.26 Å². The van der Waals surface area contributed by atoms with Crippen molar-refractivity contribution >= 4 is 23.2 Å². The van der Waals surface area contributed by atoms with Crippen molar-refractivity contribution in [3.8, 4) is 6.07 Å². The first kappa shape index (κ1) is 13.9. The van der Waals surface area contributed by atoms with Crippen molar-refractivity contribution < 1.29 is 4.52 Å². The molecule has 2 rings (SSSR count). The third kappa shape index (κ3) is 2.91. The van der Waals surface area contributed by atoms with Crippen molar-refractivity contribution in [3.05, 3.63) is 50.8 Å². The maximum Gasteiger partial charge on any atom is 0.138 e. The van der Waals surface area contributed by atoms with E-state index in [2.05, 4.69) is 11.2 Å². The van der Waals surface area contributed by atoms with Crippen LogP contribution in [-0.2, 0) is 6.42 Å². The minimum Gasteiger partial charge on any atom is -0.361 e. The first-order chi connectivity index (χ1) is 9.02. The number of halogens is 2. The molecule has 5 heteroatoms. The van der Waals surface area contributed by atoms with Crippen LogP contribution in [0, 0.1) is 25.2 Å². The molecule has 19 heavy (non-hydrogen) atoms. The summed E-state index contributed by atoms with van der Waals surface area (Å²) in [6.45, 7) is 3.64. The molecule has 2 aromatic rings. The van der Waals surface area contributed by atoms with Gasteiger partial charge in [-0.2, -0.15) is 5.26 Å². The van der Waals surface area contributed by atoms with Crippen LogP contribution in [0.5, 0.6) is 0 Å². The molecule has 1 aromatic carbocycles. The quantitative estimate of drug-likeness (QED) is 0.840. The fraction of sp³-hybridized carbons (Fsp3) is 0.286. The fourth-order valence-electron chi connectivity index (χ4n) is 2.11. The second kappa shape index (κ2) is 5.64. The average molecular weight is 295 g/mol. The van der Waals surface area contributed by atoms with Crippen molar-refractivity contribution in [2.75, 3.05) is 0 Å². The Bertz CT molecular complexity index is 624. The van der Waals surface area contributed by atoms with Crippen LogP contribution in [0.3, 0.4) is 0 Å². The van der Waals surface area contributed by atoms with Crippen molar-refractivity contribution in [1.82, 2.24) is 5.16 Å². The Labute approximate surface area is 121 Å². The summed E-state index contributed by atoms with van der Waals surface area (Å²) in [7, 11) is 0. The molecule has 0 fully saturated rings. The molecule has 0 N–H and O–H groups in total. The minimum absolute atomic E-state index is 0.329. The number of hydrogen-bond acceptors (Lipinski definition) is 3. The highest BCUT2D eigenvalue weighted by Crippen LogP contribution is 2.30. The third-order valence-electron chi connectivity index (χ3n) is 3.03. The van der Waals surface area contributed by atoms with Gasteiger partial charge in [0.2, 0.25) is 0 Å². The van der Waals surface area contributed by atoms with Gasteiger partial charge in [0.05, 0.1) is 17.7 Å². The molecule has 0 saturated heterocycles. The lowest BCUT2D eigenvalue weighted by Gasteiger charge is -2.10. The molecule has 0 saturated carbocycles. The SMILES string of the molecule is Cc1noc(C)c1C(C#N)Cc1ccc(Cl)cc1Cl. The van der Waals surface area contributed by atoms with E-state index < -0.39 is 0 Å². The Kier molecular flexibility index (Phi) is 4.14. The van der Waals surface area contributed by atoms with Gasteiger partial charge in [-0.15, -0.1) is 0 Å². The molecule has 1 atom stereocenters. The van der Waals surface area contributed by atoms with E-state index in [-0.39, 0.29) is 5.92 Å². The highest BCUT2D eigenvalue weighted by molar-refractivity contribution is 6.35. The number of benzene rings is 1. The first-order valence-corrected chi connectivity index (χ1v) is 6.54. The predicted octanol–water partition coefficient (Wildman–Crippen LogP) is 4.45. The average Bonchev–Trinajstić information content (AvgIpc) is 2.69. The van der Waals surface area contributed by atoms with E-state index in [1.54, 1.807) is 12.1 Å². The lowest BCUT2D eigenvalue weighted by molar-refractivity contribution is 0.392. The van der Waals surface area contributed by atoms with E-state index in [1.165, 1.54) is 0 Å². The topological polar surface area (TPSA) is 49.8 Å². The Morgan fingerprint density at radius 2 is 2.11 bits per heavy atom. The molecule has 1 aromatic heterocycles. The van der Waals surface area contributed by atoms with Gasteiger partial charge in [0, 0.05) is 15.6 Å². The summed E-state index contributed by atoms with van der Waals surface area (Å²) >= 11 is 12.0. The van der Waals surface area contributed by atoms with Crippen molar-refractivity contribution in [2.24, 2.45) is 0 Å². The van der Waals surface area contributed by atoms with E-state index in [4.69, 9.17) is 27.7 Å². The van der Waals surface area contributed by atoms with Crippen molar-refractivity contribution in [2.45, 2.75) is 26.2 Å². The molecule has 0 aliphatic rings. The van der Waals surface area contributed by atoms with Crippen molar-refractivity contribution in [1.29, 1.82) is 5.26 Å². The van der Waals surface area contributed by atoms with E-state index in [0.29, 0.717) is 22.2 Å². The second-order valence-electron chi connectivity index (χ2n) is 4.36. The third-order valence-corrected chi connectivity index (χ3v) is 3.62. The molecular weight excluding hydrogens is 283 g/mol. The largest absolute Gasteiger partial charge is 0.361 e. The summed E-state index contributed by atoms with van der Waals surface area (Å²) in [5, 5.41) is 14.4. The lowest BCUT2D eigenvalue weighted by atomic mass is 9.92. The summed E-state index contributed by atoms with van der Waals surface area (Å²) in [6, 6.07) is 7.57. The zero-order valence-electron chi connectivity index (χ0n) is 10.6. The maximum atomic E-state index is 9.36. The normalized spacial score (nSPS) is 12.2. The molecule has 1 heterocycles. The molecule has 0 radical (unpaired) electrons. The van der Waals surface area contributed by atoms with Gasteiger partial charge >= 0.3 is 0 Å². The summed E-state index contributed by atoms with van der Waals surface area (Å²) < 4.78 is 5.11. The maximum absolute atomic E-state index is 9.36. The second-order valence-corrected chi connectivity index (χ2v) is 5.20. The van der Waals surface area contributed by atoms with Gasteiger partial charge in [-0.25, -0.2) is 0 Å². The molecule has 0 bridgehead atoms. The van der Waals surface area contributed by atoms with Crippen LogP contribution in [0.4, 0.5) is 0 Å². The summed E-state index contributed by atoms with van der Waals surface area (Å²) in [4.78, 5) is 0. The van der Waals surface area contributed by atoms with Gasteiger partial charge in [-0.3, -0.25) is 0 Å². The number of rotatable bonds is 3.